The lowest BCUT2D eigenvalue weighted by molar-refractivity contribution is -0.114. The lowest BCUT2D eigenvalue weighted by atomic mass is 10.0. The molecule has 0 aliphatic carbocycles. The molecule has 7 nitrogen and oxygen atoms in total. The number of rotatable bonds is 7. The molecule has 2 rings (SSSR count). The Hall–Kier alpha value is -3.09. The third-order valence-corrected chi connectivity index (χ3v) is 4.32. The maximum Gasteiger partial charge on any atom is 0.221 e. The van der Waals surface area contributed by atoms with Gasteiger partial charge in [0.1, 0.15) is 5.75 Å². The molecule has 0 aliphatic rings. The Labute approximate surface area is 158 Å². The zero-order valence-corrected chi connectivity index (χ0v) is 16.4. The van der Waals surface area contributed by atoms with Gasteiger partial charge < -0.3 is 20.4 Å². The van der Waals surface area contributed by atoms with Crippen LogP contribution in [0.15, 0.2) is 18.2 Å². The summed E-state index contributed by atoms with van der Waals surface area (Å²) in [5.74, 6) is 0.109. The number of aromatic amines is 1. The number of methoxy groups -OCH3 is 1. The van der Waals surface area contributed by atoms with Crippen LogP contribution in [-0.2, 0) is 4.79 Å². The predicted octanol–water partition coefficient (Wildman–Crippen LogP) is 3.48. The number of ether oxygens (including phenoxy) is 1. The van der Waals surface area contributed by atoms with Crippen LogP contribution in [0.1, 0.15) is 52.9 Å². The number of Topliss-reactive ketones (excluding diaryl/α,β-unsaturated/α-hetero) is 2. The summed E-state index contributed by atoms with van der Waals surface area (Å²) in [6, 6.07) is 4.55. The van der Waals surface area contributed by atoms with E-state index in [1.807, 2.05) is 0 Å². The first-order chi connectivity index (χ1) is 12.6. The summed E-state index contributed by atoms with van der Waals surface area (Å²) in [5.41, 5.74) is 3.47. The summed E-state index contributed by atoms with van der Waals surface area (Å²) in [4.78, 5) is 39.0. The Morgan fingerprint density at radius 1 is 1.15 bits per heavy atom. The number of aromatic nitrogens is 1. The Bertz CT molecular complexity index is 899. The van der Waals surface area contributed by atoms with Crippen LogP contribution in [0, 0.1) is 13.8 Å². The SMILES string of the molecule is COc1ccc(NC(C)=O)cc1N[C@H](C)C(=O)c1[nH]c(C)c(C(C)=O)c1C. The molecule has 0 fully saturated rings. The highest BCUT2D eigenvalue weighted by Crippen LogP contribution is 2.29. The maximum absolute atomic E-state index is 12.9. The molecule has 0 saturated heterocycles. The van der Waals surface area contributed by atoms with Crippen LogP contribution in [-0.4, -0.2) is 35.6 Å². The summed E-state index contributed by atoms with van der Waals surface area (Å²) in [6.45, 7) is 8.18. The molecule has 7 heteroatoms. The van der Waals surface area contributed by atoms with Crippen LogP contribution in [0.3, 0.4) is 0 Å². The molecule has 27 heavy (non-hydrogen) atoms. The van der Waals surface area contributed by atoms with Gasteiger partial charge in [-0.05, 0) is 51.5 Å². The van der Waals surface area contributed by atoms with E-state index in [0.717, 1.165) is 0 Å². The van der Waals surface area contributed by atoms with Crippen molar-refractivity contribution in [3.63, 3.8) is 0 Å². The quantitative estimate of drug-likeness (QED) is 0.647. The zero-order valence-electron chi connectivity index (χ0n) is 16.4. The van der Waals surface area contributed by atoms with Crippen molar-refractivity contribution in [2.45, 2.75) is 40.7 Å². The lowest BCUT2D eigenvalue weighted by Crippen LogP contribution is -2.27. The number of H-pyrrole nitrogens is 1. The molecule has 1 atom stereocenters. The van der Waals surface area contributed by atoms with Gasteiger partial charge in [0.25, 0.3) is 0 Å². The number of carbonyl (C=O) groups excluding carboxylic acids is 3. The fourth-order valence-corrected chi connectivity index (χ4v) is 3.14. The minimum Gasteiger partial charge on any atom is -0.495 e. The molecule has 0 spiro atoms. The van der Waals surface area contributed by atoms with Gasteiger partial charge in [-0.15, -0.1) is 0 Å². The number of nitrogens with one attached hydrogen (secondary N) is 3. The van der Waals surface area contributed by atoms with Gasteiger partial charge in [0, 0.05) is 23.9 Å². The molecule has 0 radical (unpaired) electrons. The summed E-state index contributed by atoms with van der Waals surface area (Å²) >= 11 is 0. The van der Waals surface area contributed by atoms with Crippen LogP contribution in [0.4, 0.5) is 11.4 Å². The van der Waals surface area contributed by atoms with Crippen molar-refractivity contribution < 1.29 is 19.1 Å². The number of hydrogen-bond acceptors (Lipinski definition) is 5. The van der Waals surface area contributed by atoms with Gasteiger partial charge >= 0.3 is 0 Å². The van der Waals surface area contributed by atoms with E-state index in [1.165, 1.54) is 21.0 Å². The molecule has 144 valence electrons. The molecular formula is C20H25N3O4. The number of hydrogen-bond donors (Lipinski definition) is 3. The second-order valence-corrected chi connectivity index (χ2v) is 6.51. The highest BCUT2D eigenvalue weighted by Gasteiger charge is 2.24. The molecule has 1 heterocycles. The van der Waals surface area contributed by atoms with Crippen molar-refractivity contribution in [2.75, 3.05) is 17.7 Å². The van der Waals surface area contributed by atoms with Gasteiger partial charge in [0.2, 0.25) is 11.7 Å². The van der Waals surface area contributed by atoms with Crippen molar-refractivity contribution in [2.24, 2.45) is 0 Å². The largest absolute Gasteiger partial charge is 0.495 e. The van der Waals surface area contributed by atoms with Gasteiger partial charge in [-0.3, -0.25) is 14.4 Å². The van der Waals surface area contributed by atoms with Gasteiger partial charge in [0.15, 0.2) is 5.78 Å². The summed E-state index contributed by atoms with van der Waals surface area (Å²) in [5, 5.41) is 5.83. The van der Waals surface area contributed by atoms with E-state index in [-0.39, 0.29) is 17.5 Å². The summed E-state index contributed by atoms with van der Waals surface area (Å²) < 4.78 is 5.33. The minimum atomic E-state index is -0.581. The first kappa shape index (κ1) is 20.2. The average Bonchev–Trinajstić information content (AvgIpc) is 2.88. The van der Waals surface area contributed by atoms with E-state index in [2.05, 4.69) is 15.6 Å². The standard InChI is InChI=1S/C20H25N3O4/c1-10-18(13(4)24)11(2)22-19(10)20(26)12(3)21-16-9-15(23-14(5)25)7-8-17(16)27-6/h7-9,12,21-22H,1-6H3,(H,23,25)/t12-/m1/s1. The number of carbonyl (C=O) groups is 3. The fourth-order valence-electron chi connectivity index (χ4n) is 3.14. The predicted molar refractivity (Wildman–Crippen MR) is 105 cm³/mol. The second kappa shape index (κ2) is 8.07. The number of ketones is 2. The topological polar surface area (TPSA) is 100 Å². The molecular weight excluding hydrogens is 346 g/mol. The average molecular weight is 371 g/mol. The Kier molecular flexibility index (Phi) is 6.05. The maximum atomic E-state index is 12.9. The van der Waals surface area contributed by atoms with Gasteiger partial charge in [-0.25, -0.2) is 0 Å². The molecule has 1 aromatic heterocycles. The third kappa shape index (κ3) is 4.36. The van der Waals surface area contributed by atoms with Crippen LogP contribution >= 0.6 is 0 Å². The molecule has 0 aliphatic heterocycles. The summed E-state index contributed by atoms with van der Waals surface area (Å²) in [7, 11) is 1.53. The number of aryl methyl sites for hydroxylation is 1. The molecule has 1 amide bonds. The van der Waals surface area contributed by atoms with Crippen molar-refractivity contribution in [1.82, 2.24) is 4.98 Å². The summed E-state index contributed by atoms with van der Waals surface area (Å²) in [6.07, 6.45) is 0. The third-order valence-electron chi connectivity index (χ3n) is 4.32. The smallest absolute Gasteiger partial charge is 0.221 e. The Morgan fingerprint density at radius 2 is 1.81 bits per heavy atom. The van der Waals surface area contributed by atoms with E-state index in [9.17, 15) is 14.4 Å². The molecule has 3 N–H and O–H groups in total. The van der Waals surface area contributed by atoms with E-state index < -0.39 is 6.04 Å². The highest BCUT2D eigenvalue weighted by atomic mass is 16.5. The molecule has 1 aromatic carbocycles. The van der Waals surface area contributed by atoms with E-state index in [1.54, 1.807) is 39.0 Å². The monoisotopic (exact) mass is 371 g/mol. The van der Waals surface area contributed by atoms with E-state index in [4.69, 9.17) is 4.74 Å². The number of amides is 1. The van der Waals surface area contributed by atoms with Gasteiger partial charge in [-0.2, -0.15) is 0 Å². The lowest BCUT2D eigenvalue weighted by Gasteiger charge is -2.18. The van der Waals surface area contributed by atoms with E-state index in [0.29, 0.717) is 39.6 Å². The second-order valence-electron chi connectivity index (χ2n) is 6.51. The van der Waals surface area contributed by atoms with E-state index >= 15 is 0 Å². The number of benzene rings is 1. The zero-order chi connectivity index (χ0) is 20.3. The first-order valence-electron chi connectivity index (χ1n) is 8.62. The highest BCUT2D eigenvalue weighted by molar-refractivity contribution is 6.06. The van der Waals surface area contributed by atoms with Crippen molar-refractivity contribution in [3.05, 3.63) is 40.7 Å². The minimum absolute atomic E-state index is 0.0782. The Balaban J connectivity index is 2.30. The van der Waals surface area contributed by atoms with Crippen LogP contribution in [0.5, 0.6) is 5.75 Å². The van der Waals surface area contributed by atoms with Crippen molar-refractivity contribution in [3.8, 4) is 5.75 Å². The van der Waals surface area contributed by atoms with Crippen LogP contribution in [0.2, 0.25) is 0 Å². The first-order valence-corrected chi connectivity index (χ1v) is 8.62. The fraction of sp³-hybridized carbons (Fsp3) is 0.350. The Morgan fingerprint density at radius 3 is 2.33 bits per heavy atom. The van der Waals surface area contributed by atoms with Gasteiger partial charge in [-0.1, -0.05) is 0 Å². The molecule has 2 aromatic rings. The van der Waals surface area contributed by atoms with Crippen LogP contribution in [0.25, 0.3) is 0 Å². The molecule has 0 unspecified atom stereocenters. The number of anilines is 2. The molecule has 0 saturated carbocycles. The van der Waals surface area contributed by atoms with Gasteiger partial charge in [0.05, 0.1) is 24.5 Å². The van der Waals surface area contributed by atoms with Crippen LogP contribution < -0.4 is 15.4 Å². The van der Waals surface area contributed by atoms with Crippen molar-refractivity contribution in [1.29, 1.82) is 0 Å². The van der Waals surface area contributed by atoms with Crippen molar-refractivity contribution >= 4 is 28.8 Å². The normalized spacial score (nSPS) is 11.6. The molecule has 0 bridgehead atoms.